The van der Waals surface area contributed by atoms with Crippen molar-refractivity contribution in [3.63, 3.8) is 0 Å². The Morgan fingerprint density at radius 3 is 2.93 bits per heavy atom. The van der Waals surface area contributed by atoms with Crippen molar-refractivity contribution in [2.45, 2.75) is 12.8 Å². The molecule has 0 unspecified atom stereocenters. The molecule has 0 fully saturated rings. The van der Waals surface area contributed by atoms with E-state index in [9.17, 15) is 9.59 Å². The van der Waals surface area contributed by atoms with E-state index in [1.54, 1.807) is 18.2 Å². The van der Waals surface area contributed by atoms with Gasteiger partial charge in [-0.1, -0.05) is 24.3 Å². The standard InChI is InChI=1S/C21H17IN2O4/c22-24(20(25)15-9-10-19-18(11-15)23-21(26)28-19)16-7-4-8-17(12-16)27-13-14-5-2-1-3-6-14/h2,4-12H,1,3,13H2,(H,23,26). The number of nitrogens with zero attached hydrogens (tertiary/aromatic N) is 1. The Hall–Kier alpha value is -2.81. The van der Waals surface area contributed by atoms with Gasteiger partial charge in [-0.05, 0) is 48.7 Å². The van der Waals surface area contributed by atoms with Crippen LogP contribution in [-0.2, 0) is 0 Å². The van der Waals surface area contributed by atoms with E-state index in [2.05, 4.69) is 23.2 Å². The summed E-state index contributed by atoms with van der Waals surface area (Å²) in [5.74, 6) is -0.0558. The van der Waals surface area contributed by atoms with Gasteiger partial charge < -0.3 is 9.15 Å². The molecular formula is C21H17IN2O4. The van der Waals surface area contributed by atoms with E-state index in [0.29, 0.717) is 34.7 Å². The topological polar surface area (TPSA) is 75.5 Å². The molecule has 0 bridgehead atoms. The molecular weight excluding hydrogens is 471 g/mol. The summed E-state index contributed by atoms with van der Waals surface area (Å²) < 4.78 is 12.4. The summed E-state index contributed by atoms with van der Waals surface area (Å²) in [4.78, 5) is 26.7. The molecule has 7 heteroatoms. The van der Waals surface area contributed by atoms with Crippen LogP contribution in [0.4, 0.5) is 5.69 Å². The van der Waals surface area contributed by atoms with Gasteiger partial charge in [-0.3, -0.25) is 9.78 Å². The lowest BCUT2D eigenvalue weighted by atomic mass is 10.1. The molecule has 0 aliphatic heterocycles. The van der Waals surface area contributed by atoms with Crippen LogP contribution in [0.5, 0.6) is 5.75 Å². The van der Waals surface area contributed by atoms with Gasteiger partial charge in [0, 0.05) is 11.6 Å². The first kappa shape index (κ1) is 18.5. The number of ether oxygens (including phenoxy) is 1. The van der Waals surface area contributed by atoms with Crippen LogP contribution < -0.4 is 13.6 Å². The third-order valence-electron chi connectivity index (χ3n) is 4.37. The Balaban J connectivity index is 1.50. The molecule has 0 saturated heterocycles. The highest BCUT2D eigenvalue weighted by Gasteiger charge is 2.17. The number of nitrogens with one attached hydrogen (secondary N) is 1. The maximum Gasteiger partial charge on any atom is 0.417 e. The highest BCUT2D eigenvalue weighted by atomic mass is 127. The van der Waals surface area contributed by atoms with Gasteiger partial charge in [0.05, 0.1) is 34.1 Å². The molecule has 0 radical (unpaired) electrons. The van der Waals surface area contributed by atoms with E-state index >= 15 is 0 Å². The molecule has 0 atom stereocenters. The van der Waals surface area contributed by atoms with Gasteiger partial charge in [0.15, 0.2) is 5.58 Å². The lowest BCUT2D eigenvalue weighted by Crippen LogP contribution is -2.20. The molecule has 1 heterocycles. The third kappa shape index (κ3) is 4.04. The average molecular weight is 488 g/mol. The highest BCUT2D eigenvalue weighted by Crippen LogP contribution is 2.27. The minimum Gasteiger partial charge on any atom is -0.489 e. The van der Waals surface area contributed by atoms with Gasteiger partial charge in [0.1, 0.15) is 12.4 Å². The summed E-state index contributed by atoms with van der Waals surface area (Å²) in [6.45, 7) is 0.500. The van der Waals surface area contributed by atoms with Crippen molar-refractivity contribution in [2.24, 2.45) is 0 Å². The van der Waals surface area contributed by atoms with Crippen molar-refractivity contribution in [1.29, 1.82) is 0 Å². The monoisotopic (exact) mass is 488 g/mol. The molecule has 1 aliphatic rings. The van der Waals surface area contributed by atoms with Gasteiger partial charge >= 0.3 is 5.76 Å². The lowest BCUT2D eigenvalue weighted by Gasteiger charge is -2.16. The Morgan fingerprint density at radius 2 is 2.11 bits per heavy atom. The largest absolute Gasteiger partial charge is 0.489 e. The number of anilines is 1. The fraction of sp³-hybridized carbons (Fsp3) is 0.143. The first-order chi connectivity index (χ1) is 13.6. The van der Waals surface area contributed by atoms with E-state index in [4.69, 9.17) is 9.15 Å². The second kappa shape index (κ2) is 8.05. The molecule has 1 N–H and O–H groups in total. The predicted molar refractivity (Wildman–Crippen MR) is 116 cm³/mol. The SMILES string of the molecule is O=C(c1ccc2oc(=O)[nH]c2c1)N(I)c1cccc(OCC2=CCCC=C2)c1. The molecule has 3 aromatic rings. The fourth-order valence-corrected chi connectivity index (χ4v) is 3.53. The smallest absolute Gasteiger partial charge is 0.417 e. The normalized spacial score (nSPS) is 13.4. The maximum absolute atomic E-state index is 12.8. The molecule has 6 nitrogen and oxygen atoms in total. The van der Waals surface area contributed by atoms with Crippen LogP contribution in [0.3, 0.4) is 0 Å². The summed E-state index contributed by atoms with van der Waals surface area (Å²) in [7, 11) is 0. The zero-order chi connectivity index (χ0) is 19.5. The van der Waals surface area contributed by atoms with Crippen molar-refractivity contribution < 1.29 is 13.9 Å². The van der Waals surface area contributed by atoms with Gasteiger partial charge in [-0.15, -0.1) is 0 Å². The Kier molecular flexibility index (Phi) is 5.34. The van der Waals surface area contributed by atoms with Crippen molar-refractivity contribution in [1.82, 2.24) is 4.98 Å². The number of amides is 1. The minimum atomic E-state index is -0.543. The van der Waals surface area contributed by atoms with Crippen LogP contribution >= 0.6 is 22.9 Å². The number of aromatic amines is 1. The van der Waals surface area contributed by atoms with Gasteiger partial charge in [-0.25, -0.2) is 7.91 Å². The predicted octanol–water partition coefficient (Wildman–Crippen LogP) is 4.77. The molecule has 1 amide bonds. The summed E-state index contributed by atoms with van der Waals surface area (Å²) in [6.07, 6.45) is 8.51. The number of fused-ring (bicyclic) bond motifs is 1. The van der Waals surface area contributed by atoms with Crippen LogP contribution in [0, 0.1) is 0 Å². The van der Waals surface area contributed by atoms with E-state index < -0.39 is 5.76 Å². The minimum absolute atomic E-state index is 0.209. The summed E-state index contributed by atoms with van der Waals surface area (Å²) >= 11 is 1.96. The van der Waals surface area contributed by atoms with Gasteiger partial charge in [0.2, 0.25) is 0 Å². The number of hydrogen-bond donors (Lipinski definition) is 1. The number of hydrogen-bond acceptors (Lipinski definition) is 4. The summed E-state index contributed by atoms with van der Waals surface area (Å²) in [5, 5.41) is 0. The van der Waals surface area contributed by atoms with E-state index in [0.717, 1.165) is 18.4 Å². The van der Waals surface area contributed by atoms with Crippen LogP contribution in [-0.4, -0.2) is 17.5 Å². The maximum atomic E-state index is 12.8. The van der Waals surface area contributed by atoms with Crippen LogP contribution in [0.15, 0.2) is 75.5 Å². The highest BCUT2D eigenvalue weighted by molar-refractivity contribution is 14.1. The number of carbonyl (C=O) groups excluding carboxylic acids is 1. The zero-order valence-electron chi connectivity index (χ0n) is 14.9. The second-order valence-corrected chi connectivity index (χ2v) is 7.32. The number of rotatable bonds is 5. The summed E-state index contributed by atoms with van der Waals surface area (Å²) in [5.41, 5.74) is 3.22. The van der Waals surface area contributed by atoms with E-state index in [1.165, 1.54) is 3.11 Å². The zero-order valence-corrected chi connectivity index (χ0v) is 17.0. The van der Waals surface area contributed by atoms with E-state index in [-0.39, 0.29) is 5.91 Å². The Bertz CT molecular complexity index is 1140. The van der Waals surface area contributed by atoms with Crippen molar-refractivity contribution >= 4 is 45.6 Å². The van der Waals surface area contributed by atoms with Crippen LogP contribution in [0.25, 0.3) is 11.1 Å². The Labute approximate surface area is 175 Å². The molecule has 2 aromatic carbocycles. The fourth-order valence-electron chi connectivity index (χ4n) is 2.95. The number of aromatic nitrogens is 1. The molecule has 4 rings (SSSR count). The lowest BCUT2D eigenvalue weighted by molar-refractivity contribution is 0.101. The molecule has 1 aromatic heterocycles. The quantitative estimate of drug-likeness (QED) is 0.415. The molecule has 142 valence electrons. The number of allylic oxidation sites excluding steroid dienone is 2. The van der Waals surface area contributed by atoms with E-state index in [1.807, 2.05) is 47.1 Å². The third-order valence-corrected chi connectivity index (χ3v) is 5.36. The van der Waals surface area contributed by atoms with Crippen molar-refractivity contribution in [2.75, 3.05) is 9.72 Å². The first-order valence-electron chi connectivity index (χ1n) is 8.82. The first-order valence-corrected chi connectivity index (χ1v) is 9.78. The molecule has 0 saturated carbocycles. The van der Waals surface area contributed by atoms with Crippen LogP contribution in [0.1, 0.15) is 23.2 Å². The molecule has 1 aliphatic carbocycles. The van der Waals surface area contributed by atoms with Gasteiger partial charge in [0.25, 0.3) is 5.91 Å². The summed E-state index contributed by atoms with van der Waals surface area (Å²) in [6, 6.07) is 12.2. The number of carbonyl (C=O) groups is 1. The Morgan fingerprint density at radius 1 is 1.21 bits per heavy atom. The molecule has 0 spiro atoms. The van der Waals surface area contributed by atoms with Gasteiger partial charge in [-0.2, -0.15) is 0 Å². The second-order valence-electron chi connectivity index (χ2n) is 6.36. The van der Waals surface area contributed by atoms with Crippen molar-refractivity contribution in [3.8, 4) is 5.75 Å². The van der Waals surface area contributed by atoms with Crippen LogP contribution in [0.2, 0.25) is 0 Å². The number of H-pyrrole nitrogens is 1. The van der Waals surface area contributed by atoms with Crippen molar-refractivity contribution in [3.05, 3.63) is 82.4 Å². The average Bonchev–Trinajstić information content (AvgIpc) is 3.11. The number of halogens is 1. The number of benzene rings is 2. The molecule has 28 heavy (non-hydrogen) atoms. The number of oxazole rings is 1.